The maximum absolute atomic E-state index is 12.2. The van der Waals surface area contributed by atoms with Gasteiger partial charge in [0, 0.05) is 19.8 Å². The van der Waals surface area contributed by atoms with Gasteiger partial charge in [0.25, 0.3) is 5.91 Å². The fourth-order valence-corrected chi connectivity index (χ4v) is 2.93. The highest BCUT2D eigenvalue weighted by Crippen LogP contribution is 2.23. The van der Waals surface area contributed by atoms with Gasteiger partial charge in [-0.05, 0) is 30.9 Å². The number of para-hydroxylation sites is 1. The van der Waals surface area contributed by atoms with Gasteiger partial charge in [-0.15, -0.1) is 5.10 Å². The lowest BCUT2D eigenvalue weighted by atomic mass is 9.86. The van der Waals surface area contributed by atoms with Crippen LogP contribution in [0.25, 0.3) is 5.69 Å². The van der Waals surface area contributed by atoms with Gasteiger partial charge in [-0.3, -0.25) is 9.59 Å². The topological polar surface area (TPSA) is 106 Å². The molecule has 2 heterocycles. The van der Waals surface area contributed by atoms with Gasteiger partial charge >= 0.3 is 5.97 Å². The molecule has 0 spiro atoms. The Morgan fingerprint density at radius 3 is 2.68 bits per heavy atom. The maximum atomic E-state index is 12.2. The Morgan fingerprint density at radius 2 is 2.00 bits per heavy atom. The van der Waals surface area contributed by atoms with Gasteiger partial charge < -0.3 is 15.2 Å². The number of nitrogens with zero attached hydrogens (tertiary/aromatic N) is 3. The average molecular weight is 344 g/mol. The van der Waals surface area contributed by atoms with Crippen LogP contribution in [-0.4, -0.2) is 51.5 Å². The van der Waals surface area contributed by atoms with Gasteiger partial charge in [-0.1, -0.05) is 18.2 Å². The van der Waals surface area contributed by atoms with Crippen LogP contribution in [0.15, 0.2) is 36.7 Å². The Hall–Kier alpha value is -2.74. The van der Waals surface area contributed by atoms with E-state index in [0.29, 0.717) is 26.1 Å². The standard InChI is InChI=1S/C17H20N4O4/c22-16(15-19-11-21(20-15)13-4-2-1-3-5-13)18-10-14(17(23)24)12-6-8-25-9-7-12/h1-5,11-12,14H,6-10H2,(H,18,22)(H,23,24). The monoisotopic (exact) mass is 344 g/mol. The Kier molecular flexibility index (Phi) is 5.39. The number of carboxylic acids is 1. The quantitative estimate of drug-likeness (QED) is 0.813. The lowest BCUT2D eigenvalue weighted by Gasteiger charge is -2.27. The van der Waals surface area contributed by atoms with Crippen LogP contribution in [0.1, 0.15) is 23.5 Å². The lowest BCUT2D eigenvalue weighted by molar-refractivity contribution is -0.144. The summed E-state index contributed by atoms with van der Waals surface area (Å²) in [6, 6.07) is 9.31. The minimum atomic E-state index is -0.907. The average Bonchev–Trinajstić information content (AvgIpc) is 3.13. The zero-order valence-corrected chi connectivity index (χ0v) is 13.7. The van der Waals surface area contributed by atoms with Crippen LogP contribution in [0, 0.1) is 11.8 Å². The van der Waals surface area contributed by atoms with Crippen molar-refractivity contribution >= 4 is 11.9 Å². The molecule has 8 heteroatoms. The van der Waals surface area contributed by atoms with Crippen LogP contribution in [0.2, 0.25) is 0 Å². The molecule has 1 unspecified atom stereocenters. The third kappa shape index (κ3) is 4.21. The Balaban J connectivity index is 1.61. The minimum absolute atomic E-state index is 0.00128. The van der Waals surface area contributed by atoms with Crippen molar-refractivity contribution in [3.8, 4) is 5.69 Å². The molecule has 2 N–H and O–H groups in total. The number of amides is 1. The molecular weight excluding hydrogens is 324 g/mol. The molecule has 3 rings (SSSR count). The summed E-state index contributed by atoms with van der Waals surface area (Å²) < 4.78 is 6.77. The normalized spacial score (nSPS) is 16.3. The second kappa shape index (κ2) is 7.89. The van der Waals surface area contributed by atoms with E-state index in [1.807, 2.05) is 30.3 Å². The molecule has 0 saturated carbocycles. The van der Waals surface area contributed by atoms with E-state index >= 15 is 0 Å². The number of aromatic nitrogens is 3. The van der Waals surface area contributed by atoms with Gasteiger partial charge in [0.15, 0.2) is 0 Å². The van der Waals surface area contributed by atoms with E-state index in [1.165, 1.54) is 11.0 Å². The molecular formula is C17H20N4O4. The second-order valence-electron chi connectivity index (χ2n) is 5.95. The van der Waals surface area contributed by atoms with Gasteiger partial charge in [-0.2, -0.15) is 0 Å². The van der Waals surface area contributed by atoms with E-state index in [-0.39, 0.29) is 18.3 Å². The first-order valence-corrected chi connectivity index (χ1v) is 8.21. The summed E-state index contributed by atoms with van der Waals surface area (Å²) in [6.07, 6.45) is 2.83. The summed E-state index contributed by atoms with van der Waals surface area (Å²) in [6.45, 7) is 1.18. The molecule has 132 valence electrons. The molecule has 0 radical (unpaired) electrons. The number of rotatable bonds is 6. The summed E-state index contributed by atoms with van der Waals surface area (Å²) in [4.78, 5) is 27.7. The molecule has 1 aliphatic heterocycles. The number of nitrogens with one attached hydrogen (secondary N) is 1. The fourth-order valence-electron chi connectivity index (χ4n) is 2.93. The third-order valence-corrected chi connectivity index (χ3v) is 4.35. The van der Waals surface area contributed by atoms with Crippen molar-refractivity contribution < 1.29 is 19.4 Å². The van der Waals surface area contributed by atoms with Crippen molar-refractivity contribution in [2.45, 2.75) is 12.8 Å². The van der Waals surface area contributed by atoms with Gasteiger partial charge in [0.2, 0.25) is 5.82 Å². The number of aliphatic carboxylic acids is 1. The number of carbonyl (C=O) groups is 2. The van der Waals surface area contributed by atoms with E-state index in [4.69, 9.17) is 4.74 Å². The van der Waals surface area contributed by atoms with E-state index in [9.17, 15) is 14.7 Å². The lowest BCUT2D eigenvalue weighted by Crippen LogP contribution is -2.39. The molecule has 0 aliphatic carbocycles. The number of hydrogen-bond acceptors (Lipinski definition) is 5. The van der Waals surface area contributed by atoms with Crippen LogP contribution in [0.4, 0.5) is 0 Å². The predicted octanol–water partition coefficient (Wildman–Crippen LogP) is 1.12. The summed E-state index contributed by atoms with van der Waals surface area (Å²) in [5.41, 5.74) is 0.791. The van der Waals surface area contributed by atoms with Crippen molar-refractivity contribution in [1.82, 2.24) is 20.1 Å². The molecule has 1 aromatic heterocycles. The first kappa shape index (κ1) is 17.1. The smallest absolute Gasteiger partial charge is 0.308 e. The van der Waals surface area contributed by atoms with Crippen molar-refractivity contribution in [1.29, 1.82) is 0 Å². The number of hydrogen-bond donors (Lipinski definition) is 2. The van der Waals surface area contributed by atoms with Crippen molar-refractivity contribution in [3.63, 3.8) is 0 Å². The van der Waals surface area contributed by atoms with Gasteiger partial charge in [-0.25, -0.2) is 9.67 Å². The van der Waals surface area contributed by atoms with Gasteiger partial charge in [0.05, 0.1) is 11.6 Å². The fraction of sp³-hybridized carbons (Fsp3) is 0.412. The van der Waals surface area contributed by atoms with E-state index in [0.717, 1.165) is 5.69 Å². The second-order valence-corrected chi connectivity index (χ2v) is 5.95. The molecule has 1 fully saturated rings. The molecule has 25 heavy (non-hydrogen) atoms. The SMILES string of the molecule is O=C(NCC(C(=O)O)C1CCOCC1)c1ncn(-c2ccccc2)n1. The molecule has 1 atom stereocenters. The zero-order chi connectivity index (χ0) is 17.6. The van der Waals surface area contributed by atoms with Crippen molar-refractivity contribution in [2.75, 3.05) is 19.8 Å². The van der Waals surface area contributed by atoms with Crippen LogP contribution < -0.4 is 5.32 Å². The highest BCUT2D eigenvalue weighted by atomic mass is 16.5. The highest BCUT2D eigenvalue weighted by Gasteiger charge is 2.30. The zero-order valence-electron chi connectivity index (χ0n) is 13.7. The first-order chi connectivity index (χ1) is 12.1. The highest BCUT2D eigenvalue weighted by molar-refractivity contribution is 5.90. The first-order valence-electron chi connectivity index (χ1n) is 8.21. The van der Waals surface area contributed by atoms with Crippen LogP contribution in [0.5, 0.6) is 0 Å². The Bertz CT molecular complexity index is 725. The predicted molar refractivity (Wildman–Crippen MR) is 88.4 cm³/mol. The van der Waals surface area contributed by atoms with Crippen LogP contribution in [0.3, 0.4) is 0 Å². The number of benzene rings is 1. The molecule has 0 bridgehead atoms. The minimum Gasteiger partial charge on any atom is -0.481 e. The Morgan fingerprint density at radius 1 is 1.28 bits per heavy atom. The molecule has 2 aromatic rings. The summed E-state index contributed by atoms with van der Waals surface area (Å²) >= 11 is 0. The summed E-state index contributed by atoms with van der Waals surface area (Å²) in [5.74, 6) is -2.01. The van der Waals surface area contributed by atoms with Crippen molar-refractivity contribution in [2.24, 2.45) is 11.8 Å². The van der Waals surface area contributed by atoms with E-state index in [1.54, 1.807) is 0 Å². The van der Waals surface area contributed by atoms with Crippen molar-refractivity contribution in [3.05, 3.63) is 42.5 Å². The van der Waals surface area contributed by atoms with Crippen LogP contribution >= 0.6 is 0 Å². The van der Waals surface area contributed by atoms with E-state index in [2.05, 4.69) is 15.4 Å². The van der Waals surface area contributed by atoms with Gasteiger partial charge in [0.1, 0.15) is 6.33 Å². The van der Waals surface area contributed by atoms with E-state index < -0.39 is 17.8 Å². The molecule has 8 nitrogen and oxygen atoms in total. The molecule has 1 amide bonds. The maximum Gasteiger partial charge on any atom is 0.308 e. The number of ether oxygens (including phenoxy) is 1. The number of carbonyl (C=O) groups excluding carboxylic acids is 1. The summed E-state index contributed by atoms with van der Waals surface area (Å²) in [7, 11) is 0. The Labute approximate surface area is 144 Å². The molecule has 1 aliphatic rings. The number of carboxylic acid groups (broad SMARTS) is 1. The summed E-state index contributed by atoms with van der Waals surface area (Å²) in [5, 5.41) is 16.2. The third-order valence-electron chi connectivity index (χ3n) is 4.35. The van der Waals surface area contributed by atoms with Crippen LogP contribution in [-0.2, 0) is 9.53 Å². The molecule has 1 aromatic carbocycles. The molecule has 1 saturated heterocycles. The largest absolute Gasteiger partial charge is 0.481 e.